The van der Waals surface area contributed by atoms with Gasteiger partial charge in [0, 0.05) is 26.7 Å². The van der Waals surface area contributed by atoms with Crippen molar-refractivity contribution in [2.45, 2.75) is 19.4 Å². The monoisotopic (exact) mass is 314 g/mol. The number of carbonyl (C=O) groups is 1. The van der Waals surface area contributed by atoms with Crippen molar-refractivity contribution in [2.24, 2.45) is 0 Å². The summed E-state index contributed by atoms with van der Waals surface area (Å²) in [5, 5.41) is 9.90. The molecular formula is C13H22N4O3S. The van der Waals surface area contributed by atoms with E-state index < -0.39 is 0 Å². The number of anilines is 2. The third-order valence-corrected chi connectivity index (χ3v) is 4.52. The van der Waals surface area contributed by atoms with Gasteiger partial charge in [0.1, 0.15) is 10.7 Å². The highest BCUT2D eigenvalue weighted by Gasteiger charge is 2.28. The van der Waals surface area contributed by atoms with Crippen LogP contribution in [0.5, 0.6) is 0 Å². The number of aliphatic hydroxyl groups is 1. The molecule has 0 aliphatic carbocycles. The van der Waals surface area contributed by atoms with Gasteiger partial charge >= 0.3 is 0 Å². The van der Waals surface area contributed by atoms with Gasteiger partial charge in [-0.05, 0) is 6.42 Å². The summed E-state index contributed by atoms with van der Waals surface area (Å²) in [5.74, 6) is 0.137. The summed E-state index contributed by atoms with van der Waals surface area (Å²) in [4.78, 5) is 20.9. The fourth-order valence-electron chi connectivity index (χ4n) is 2.23. The number of hydrogen-bond donors (Lipinski definition) is 2. The van der Waals surface area contributed by atoms with Gasteiger partial charge in [0.15, 0.2) is 5.13 Å². The number of morpholine rings is 1. The molecular weight excluding hydrogens is 292 g/mol. The van der Waals surface area contributed by atoms with Crippen LogP contribution in [0.1, 0.15) is 23.0 Å². The van der Waals surface area contributed by atoms with Gasteiger partial charge in [0.25, 0.3) is 5.91 Å². The van der Waals surface area contributed by atoms with Crippen LogP contribution in [0.25, 0.3) is 0 Å². The zero-order chi connectivity index (χ0) is 15.4. The molecule has 2 rings (SSSR count). The topological polar surface area (TPSA) is 91.9 Å². The molecule has 2 heterocycles. The Labute approximate surface area is 128 Å². The van der Waals surface area contributed by atoms with E-state index in [2.05, 4.69) is 11.9 Å². The first-order chi connectivity index (χ1) is 10.1. The molecule has 0 bridgehead atoms. The SMILES string of the molecule is CCCN(C)c1nc(N)c(C(=O)N2CCOC(CO)C2)s1. The van der Waals surface area contributed by atoms with E-state index in [4.69, 9.17) is 15.6 Å². The molecule has 0 radical (unpaired) electrons. The summed E-state index contributed by atoms with van der Waals surface area (Å²) < 4.78 is 5.35. The van der Waals surface area contributed by atoms with Crippen LogP contribution < -0.4 is 10.6 Å². The number of carbonyl (C=O) groups excluding carboxylic acids is 1. The minimum absolute atomic E-state index is 0.0908. The Morgan fingerprint density at radius 1 is 1.67 bits per heavy atom. The Hall–Kier alpha value is -1.38. The second kappa shape index (κ2) is 7.06. The van der Waals surface area contributed by atoms with Gasteiger partial charge in [0.05, 0.1) is 19.3 Å². The number of rotatable bonds is 5. The molecule has 3 N–H and O–H groups in total. The molecule has 21 heavy (non-hydrogen) atoms. The summed E-state index contributed by atoms with van der Waals surface area (Å²) in [7, 11) is 1.94. The van der Waals surface area contributed by atoms with Gasteiger partial charge in [-0.3, -0.25) is 4.79 Å². The average molecular weight is 314 g/mol. The highest BCUT2D eigenvalue weighted by atomic mass is 32.1. The molecule has 1 aromatic rings. The van der Waals surface area contributed by atoms with Crippen molar-refractivity contribution in [2.75, 3.05) is 50.5 Å². The number of ether oxygens (including phenoxy) is 1. The molecule has 118 valence electrons. The van der Waals surface area contributed by atoms with Gasteiger partial charge in [-0.25, -0.2) is 4.98 Å². The zero-order valence-corrected chi connectivity index (χ0v) is 13.2. The lowest BCUT2D eigenvalue weighted by Gasteiger charge is -2.31. The molecule has 7 nitrogen and oxygen atoms in total. The molecule has 1 aromatic heterocycles. The fraction of sp³-hybridized carbons (Fsp3) is 0.692. The van der Waals surface area contributed by atoms with E-state index in [1.54, 1.807) is 4.90 Å². The quantitative estimate of drug-likeness (QED) is 0.817. The summed E-state index contributed by atoms with van der Waals surface area (Å²) in [5.41, 5.74) is 5.89. The maximum atomic E-state index is 12.5. The van der Waals surface area contributed by atoms with Gasteiger partial charge in [-0.1, -0.05) is 18.3 Å². The average Bonchev–Trinajstić information content (AvgIpc) is 2.89. The van der Waals surface area contributed by atoms with Gasteiger partial charge < -0.3 is 25.4 Å². The van der Waals surface area contributed by atoms with Crippen LogP contribution in [0.3, 0.4) is 0 Å². The van der Waals surface area contributed by atoms with Crippen molar-refractivity contribution in [1.82, 2.24) is 9.88 Å². The molecule has 1 aliphatic rings. The summed E-state index contributed by atoms with van der Waals surface area (Å²) >= 11 is 1.31. The van der Waals surface area contributed by atoms with E-state index in [0.717, 1.165) is 18.1 Å². The van der Waals surface area contributed by atoms with Crippen LogP contribution in [0, 0.1) is 0 Å². The Bertz CT molecular complexity index is 494. The predicted octanol–water partition coefficient (Wildman–Crippen LogP) is 0.405. The highest BCUT2D eigenvalue weighted by Crippen LogP contribution is 2.29. The van der Waals surface area contributed by atoms with Gasteiger partial charge in [-0.2, -0.15) is 0 Å². The predicted molar refractivity (Wildman–Crippen MR) is 82.8 cm³/mol. The van der Waals surface area contributed by atoms with Crippen molar-refractivity contribution in [1.29, 1.82) is 0 Å². The lowest BCUT2D eigenvalue weighted by Crippen LogP contribution is -2.46. The largest absolute Gasteiger partial charge is 0.394 e. The smallest absolute Gasteiger partial charge is 0.268 e. The Kier molecular flexibility index (Phi) is 5.38. The van der Waals surface area contributed by atoms with Crippen molar-refractivity contribution in [3.63, 3.8) is 0 Å². The number of aliphatic hydroxyl groups excluding tert-OH is 1. The highest BCUT2D eigenvalue weighted by molar-refractivity contribution is 7.18. The molecule has 1 amide bonds. The van der Waals surface area contributed by atoms with Crippen molar-refractivity contribution in [3.05, 3.63) is 4.88 Å². The van der Waals surface area contributed by atoms with E-state index in [1.807, 2.05) is 11.9 Å². The lowest BCUT2D eigenvalue weighted by molar-refractivity contribution is -0.0445. The Morgan fingerprint density at radius 2 is 2.43 bits per heavy atom. The van der Waals surface area contributed by atoms with Crippen molar-refractivity contribution >= 4 is 28.2 Å². The minimum Gasteiger partial charge on any atom is -0.394 e. The third kappa shape index (κ3) is 3.63. The van der Waals surface area contributed by atoms with E-state index in [-0.39, 0.29) is 24.4 Å². The van der Waals surface area contributed by atoms with Crippen molar-refractivity contribution < 1.29 is 14.6 Å². The second-order valence-corrected chi connectivity index (χ2v) is 6.04. The van der Waals surface area contributed by atoms with Crippen LogP contribution in [0.15, 0.2) is 0 Å². The number of thiazole rings is 1. The van der Waals surface area contributed by atoms with Crippen LogP contribution in [0.2, 0.25) is 0 Å². The minimum atomic E-state index is -0.320. The molecule has 0 saturated carbocycles. The van der Waals surface area contributed by atoms with E-state index >= 15 is 0 Å². The molecule has 1 fully saturated rings. The van der Waals surface area contributed by atoms with Gasteiger partial charge in [-0.15, -0.1) is 0 Å². The first-order valence-corrected chi connectivity index (χ1v) is 7.87. The van der Waals surface area contributed by atoms with E-state index in [0.29, 0.717) is 24.6 Å². The lowest BCUT2D eigenvalue weighted by atomic mass is 10.2. The first kappa shape index (κ1) is 16.0. The van der Waals surface area contributed by atoms with Crippen LogP contribution >= 0.6 is 11.3 Å². The number of amides is 1. The second-order valence-electron chi connectivity index (χ2n) is 5.06. The number of hydrogen-bond acceptors (Lipinski definition) is 7. The van der Waals surface area contributed by atoms with Crippen LogP contribution in [0.4, 0.5) is 10.9 Å². The molecule has 8 heteroatoms. The number of nitrogens with two attached hydrogens (primary N) is 1. The summed E-state index contributed by atoms with van der Waals surface area (Å²) in [6.45, 7) is 4.18. The normalized spacial score (nSPS) is 18.8. The number of aromatic nitrogens is 1. The summed E-state index contributed by atoms with van der Waals surface area (Å²) in [6.07, 6.45) is 0.681. The first-order valence-electron chi connectivity index (χ1n) is 7.06. The van der Waals surface area contributed by atoms with Crippen LogP contribution in [-0.2, 0) is 4.74 Å². The molecule has 1 aliphatic heterocycles. The maximum absolute atomic E-state index is 12.5. The van der Waals surface area contributed by atoms with Gasteiger partial charge in [0.2, 0.25) is 0 Å². The Morgan fingerprint density at radius 3 is 3.10 bits per heavy atom. The molecule has 1 unspecified atom stereocenters. The van der Waals surface area contributed by atoms with E-state index in [1.165, 1.54) is 11.3 Å². The summed E-state index contributed by atoms with van der Waals surface area (Å²) in [6, 6.07) is 0. The van der Waals surface area contributed by atoms with Crippen LogP contribution in [-0.4, -0.2) is 66.9 Å². The molecule has 1 saturated heterocycles. The maximum Gasteiger partial charge on any atom is 0.268 e. The molecule has 0 aromatic carbocycles. The number of nitrogens with zero attached hydrogens (tertiary/aromatic N) is 3. The number of nitrogen functional groups attached to an aromatic ring is 1. The van der Waals surface area contributed by atoms with E-state index in [9.17, 15) is 4.79 Å². The molecule has 0 spiro atoms. The zero-order valence-electron chi connectivity index (χ0n) is 12.4. The third-order valence-electron chi connectivity index (χ3n) is 3.35. The fourth-order valence-corrected chi connectivity index (χ4v) is 3.17. The van der Waals surface area contributed by atoms with Crippen molar-refractivity contribution in [3.8, 4) is 0 Å². The molecule has 1 atom stereocenters. The Balaban J connectivity index is 2.12. The standard InChI is InChI=1S/C13H22N4O3S/c1-3-4-16(2)13-15-11(14)10(21-13)12(19)17-5-6-20-9(7-17)8-18/h9,18H,3-8,14H2,1-2H3.